The molecule has 0 bridgehead atoms. The Balaban J connectivity index is 1.92. The van der Waals surface area contributed by atoms with Crippen molar-refractivity contribution < 1.29 is 4.74 Å². The number of methoxy groups -OCH3 is 1. The number of hydrogen-bond donors (Lipinski definition) is 2. The Hall–Kier alpha value is -0.980. The molecule has 2 heterocycles. The Morgan fingerprint density at radius 3 is 2.62 bits per heavy atom. The zero-order valence-corrected chi connectivity index (χ0v) is 13.9. The molecular weight excluding hydrogens is 266 g/mol. The molecule has 21 heavy (non-hydrogen) atoms. The Labute approximate surface area is 127 Å². The predicted molar refractivity (Wildman–Crippen MR) is 83.1 cm³/mol. The fraction of sp³-hybridized carbons (Fsp3) is 0.867. The molecule has 2 N–H and O–H groups in total. The molecule has 6 nitrogen and oxygen atoms in total. The third-order valence-corrected chi connectivity index (χ3v) is 3.97. The highest BCUT2D eigenvalue weighted by atomic mass is 16.5. The standard InChI is InChI=1S/C15H29N5O/c1-14(2)8-12(9-15(3,4)19-14)16-10-13-18-17-11-20(13)6-7-21-5/h11-12,16,19H,6-10H2,1-5H3. The summed E-state index contributed by atoms with van der Waals surface area (Å²) >= 11 is 0. The van der Waals surface area contributed by atoms with Gasteiger partial charge in [-0.05, 0) is 40.5 Å². The second-order valence-corrected chi connectivity index (χ2v) is 7.31. The summed E-state index contributed by atoms with van der Waals surface area (Å²) in [5.74, 6) is 0.973. The Bertz CT molecular complexity index is 439. The van der Waals surface area contributed by atoms with Gasteiger partial charge in [-0.2, -0.15) is 0 Å². The molecular formula is C15H29N5O. The lowest BCUT2D eigenvalue weighted by Gasteiger charge is -2.46. The number of rotatable bonds is 6. The van der Waals surface area contributed by atoms with Crippen LogP contribution in [0.5, 0.6) is 0 Å². The van der Waals surface area contributed by atoms with E-state index in [9.17, 15) is 0 Å². The van der Waals surface area contributed by atoms with Crippen molar-refractivity contribution in [2.45, 2.75) is 70.7 Å². The van der Waals surface area contributed by atoms with Gasteiger partial charge in [0.25, 0.3) is 0 Å². The van der Waals surface area contributed by atoms with Gasteiger partial charge in [0.2, 0.25) is 0 Å². The van der Waals surface area contributed by atoms with Crippen LogP contribution in [0, 0.1) is 0 Å². The van der Waals surface area contributed by atoms with Gasteiger partial charge in [-0.1, -0.05) is 0 Å². The lowest BCUT2D eigenvalue weighted by molar-refractivity contribution is 0.144. The lowest BCUT2D eigenvalue weighted by atomic mass is 9.79. The van der Waals surface area contributed by atoms with Crippen LogP contribution in [0.15, 0.2) is 6.33 Å². The van der Waals surface area contributed by atoms with E-state index in [1.165, 1.54) is 0 Å². The van der Waals surface area contributed by atoms with Gasteiger partial charge in [0, 0.05) is 30.8 Å². The number of ether oxygens (including phenoxy) is 1. The summed E-state index contributed by atoms with van der Waals surface area (Å²) in [6, 6.07) is 0.490. The maximum atomic E-state index is 5.11. The number of nitrogens with zero attached hydrogens (tertiary/aromatic N) is 3. The van der Waals surface area contributed by atoms with E-state index in [0.29, 0.717) is 12.6 Å². The lowest BCUT2D eigenvalue weighted by Crippen LogP contribution is -2.61. The maximum absolute atomic E-state index is 5.11. The molecule has 1 saturated heterocycles. The summed E-state index contributed by atoms with van der Waals surface area (Å²) in [4.78, 5) is 0. The van der Waals surface area contributed by atoms with Crippen LogP contribution in [0.3, 0.4) is 0 Å². The fourth-order valence-electron chi connectivity index (χ4n) is 3.49. The first-order chi connectivity index (χ1) is 9.81. The van der Waals surface area contributed by atoms with E-state index < -0.39 is 0 Å². The first-order valence-electron chi connectivity index (χ1n) is 7.70. The van der Waals surface area contributed by atoms with Gasteiger partial charge in [-0.25, -0.2) is 0 Å². The van der Waals surface area contributed by atoms with Crippen molar-refractivity contribution in [1.29, 1.82) is 0 Å². The van der Waals surface area contributed by atoms with Gasteiger partial charge in [0.15, 0.2) is 0 Å². The van der Waals surface area contributed by atoms with Crippen LogP contribution in [0.25, 0.3) is 0 Å². The number of aromatic nitrogens is 3. The summed E-state index contributed by atoms with van der Waals surface area (Å²) < 4.78 is 7.16. The zero-order valence-electron chi connectivity index (χ0n) is 13.9. The molecule has 0 saturated carbocycles. The number of nitrogens with one attached hydrogen (secondary N) is 2. The average molecular weight is 295 g/mol. The summed E-state index contributed by atoms with van der Waals surface area (Å²) in [7, 11) is 1.71. The Kier molecular flexibility index (Phi) is 5.01. The van der Waals surface area contributed by atoms with Crippen molar-refractivity contribution in [3.63, 3.8) is 0 Å². The van der Waals surface area contributed by atoms with Crippen molar-refractivity contribution in [1.82, 2.24) is 25.4 Å². The topological polar surface area (TPSA) is 64.0 Å². The van der Waals surface area contributed by atoms with Crippen molar-refractivity contribution in [2.24, 2.45) is 0 Å². The van der Waals surface area contributed by atoms with Gasteiger partial charge < -0.3 is 19.9 Å². The highest BCUT2D eigenvalue weighted by Gasteiger charge is 2.37. The minimum Gasteiger partial charge on any atom is -0.383 e. The maximum Gasteiger partial charge on any atom is 0.146 e. The molecule has 0 spiro atoms. The molecule has 0 aromatic carbocycles. The molecule has 1 aromatic heterocycles. The summed E-state index contributed by atoms with van der Waals surface area (Å²) in [6.07, 6.45) is 4.00. The van der Waals surface area contributed by atoms with Crippen LogP contribution in [0.2, 0.25) is 0 Å². The second kappa shape index (κ2) is 6.42. The first-order valence-corrected chi connectivity index (χ1v) is 7.70. The molecule has 0 radical (unpaired) electrons. The molecule has 1 aromatic rings. The fourth-order valence-corrected chi connectivity index (χ4v) is 3.49. The van der Waals surface area contributed by atoms with Crippen LogP contribution in [0.1, 0.15) is 46.4 Å². The molecule has 1 fully saturated rings. The SMILES string of the molecule is COCCn1cnnc1CNC1CC(C)(C)NC(C)(C)C1. The van der Waals surface area contributed by atoms with Gasteiger partial charge in [-0.3, -0.25) is 0 Å². The molecule has 1 aliphatic rings. The van der Waals surface area contributed by atoms with Gasteiger partial charge in [0.05, 0.1) is 13.2 Å². The van der Waals surface area contributed by atoms with Crippen molar-refractivity contribution in [3.8, 4) is 0 Å². The van der Waals surface area contributed by atoms with Gasteiger partial charge in [0.1, 0.15) is 12.2 Å². The molecule has 0 aliphatic carbocycles. The Morgan fingerprint density at radius 2 is 2.00 bits per heavy atom. The summed E-state index contributed by atoms with van der Waals surface area (Å²) in [5.41, 5.74) is 0.312. The zero-order chi connectivity index (χ0) is 15.5. The van der Waals surface area contributed by atoms with E-state index in [2.05, 4.69) is 48.5 Å². The van der Waals surface area contributed by atoms with E-state index in [1.807, 2.05) is 4.57 Å². The predicted octanol–water partition coefficient (Wildman–Crippen LogP) is 1.32. The van der Waals surface area contributed by atoms with E-state index in [-0.39, 0.29) is 11.1 Å². The monoisotopic (exact) mass is 295 g/mol. The van der Waals surface area contributed by atoms with E-state index in [0.717, 1.165) is 31.8 Å². The molecule has 0 unspecified atom stereocenters. The molecule has 0 amide bonds. The van der Waals surface area contributed by atoms with E-state index >= 15 is 0 Å². The molecule has 1 aliphatic heterocycles. The third-order valence-electron chi connectivity index (χ3n) is 3.97. The second-order valence-electron chi connectivity index (χ2n) is 7.31. The number of piperidine rings is 1. The van der Waals surface area contributed by atoms with E-state index in [1.54, 1.807) is 13.4 Å². The molecule has 2 rings (SSSR count). The minimum absolute atomic E-state index is 0.156. The third kappa shape index (κ3) is 4.76. The Morgan fingerprint density at radius 1 is 1.33 bits per heavy atom. The van der Waals surface area contributed by atoms with Gasteiger partial charge >= 0.3 is 0 Å². The normalized spacial score (nSPS) is 21.6. The molecule has 6 heteroatoms. The van der Waals surface area contributed by atoms with Crippen LogP contribution < -0.4 is 10.6 Å². The summed E-state index contributed by atoms with van der Waals surface area (Å²) in [6.45, 7) is 11.3. The van der Waals surface area contributed by atoms with Crippen LogP contribution in [-0.2, 0) is 17.8 Å². The van der Waals surface area contributed by atoms with Crippen molar-refractivity contribution >= 4 is 0 Å². The van der Waals surface area contributed by atoms with Crippen LogP contribution >= 0.6 is 0 Å². The van der Waals surface area contributed by atoms with Gasteiger partial charge in [-0.15, -0.1) is 10.2 Å². The largest absolute Gasteiger partial charge is 0.383 e. The summed E-state index contributed by atoms with van der Waals surface area (Å²) in [5, 5.41) is 15.6. The molecule has 0 atom stereocenters. The smallest absolute Gasteiger partial charge is 0.146 e. The molecule has 120 valence electrons. The quantitative estimate of drug-likeness (QED) is 0.829. The van der Waals surface area contributed by atoms with Crippen LogP contribution in [0.4, 0.5) is 0 Å². The highest BCUT2D eigenvalue weighted by molar-refractivity contribution is 5.00. The van der Waals surface area contributed by atoms with Crippen molar-refractivity contribution in [3.05, 3.63) is 12.2 Å². The van der Waals surface area contributed by atoms with Crippen LogP contribution in [-0.4, -0.2) is 45.6 Å². The van der Waals surface area contributed by atoms with Crippen molar-refractivity contribution in [2.75, 3.05) is 13.7 Å². The first kappa shape index (κ1) is 16.4. The average Bonchev–Trinajstić information content (AvgIpc) is 2.77. The number of hydrogen-bond acceptors (Lipinski definition) is 5. The highest BCUT2D eigenvalue weighted by Crippen LogP contribution is 2.28. The van der Waals surface area contributed by atoms with E-state index in [4.69, 9.17) is 4.74 Å². The minimum atomic E-state index is 0.156.